The third-order valence-corrected chi connectivity index (χ3v) is 6.72. The molecule has 0 atom stereocenters. The molecular formula is C25H22N4O3S. The second-order valence-electron chi connectivity index (χ2n) is 8.09. The lowest BCUT2D eigenvalue weighted by molar-refractivity contribution is 0.0933. The fourth-order valence-electron chi connectivity index (χ4n) is 4.16. The summed E-state index contributed by atoms with van der Waals surface area (Å²) in [4.78, 5) is 15.4. The molecule has 0 amide bonds. The zero-order valence-electron chi connectivity index (χ0n) is 17.9. The number of rotatable bonds is 6. The van der Waals surface area contributed by atoms with E-state index >= 15 is 0 Å². The first kappa shape index (κ1) is 20.1. The van der Waals surface area contributed by atoms with Crippen LogP contribution in [-0.2, 0) is 6.54 Å². The number of hydrogen-bond acceptors (Lipinski definition) is 8. The van der Waals surface area contributed by atoms with Crippen molar-refractivity contribution in [2.75, 3.05) is 13.1 Å². The Morgan fingerprint density at radius 1 is 1.03 bits per heavy atom. The average molecular weight is 459 g/mol. The Labute approximate surface area is 194 Å². The van der Waals surface area contributed by atoms with Crippen molar-refractivity contribution in [1.82, 2.24) is 19.9 Å². The molecule has 6 rings (SSSR count). The molecule has 0 saturated carbocycles. The molecule has 4 aromatic heterocycles. The Kier molecular flexibility index (Phi) is 5.37. The third-order valence-electron chi connectivity index (χ3n) is 5.83. The lowest BCUT2D eigenvalue weighted by Gasteiger charge is -2.31. The molecule has 7 nitrogen and oxygen atoms in total. The predicted octanol–water partition coefficient (Wildman–Crippen LogP) is 5.67. The fourth-order valence-corrected chi connectivity index (χ4v) is 4.95. The number of nitrogens with zero attached hydrogens (tertiary/aromatic N) is 4. The summed E-state index contributed by atoms with van der Waals surface area (Å²) in [6, 6.07) is 15.6. The Morgan fingerprint density at radius 2 is 1.94 bits per heavy atom. The SMILES string of the molecule is c1ccc(OC2CCN(Cc3coc4cc(Oc5nc6ncccc6s5)ccc34)CC2)nc1. The largest absolute Gasteiger partial charge is 0.474 e. The number of likely N-dealkylation sites (tertiary alicyclic amines) is 1. The number of benzene rings is 1. The summed E-state index contributed by atoms with van der Waals surface area (Å²) in [6.07, 6.45) is 7.55. The standard InChI is InChI=1S/C25H22N4O3S/c1-2-10-26-23(5-1)31-18-8-12-29(13-9-18)15-17-16-30-21-14-19(6-7-20(17)21)32-25-28-24-22(33-25)4-3-11-27-24/h1-7,10-11,14,16,18H,8-9,12-13,15H2. The molecule has 1 aliphatic rings. The van der Waals surface area contributed by atoms with Crippen LogP contribution in [-0.4, -0.2) is 39.0 Å². The fraction of sp³-hybridized carbons (Fsp3) is 0.240. The van der Waals surface area contributed by atoms with Gasteiger partial charge in [-0.25, -0.2) is 9.97 Å². The number of aromatic nitrogens is 3. The number of ether oxygens (including phenoxy) is 2. The van der Waals surface area contributed by atoms with E-state index < -0.39 is 0 Å². The molecule has 1 saturated heterocycles. The first-order valence-corrected chi connectivity index (χ1v) is 11.8. The summed E-state index contributed by atoms with van der Waals surface area (Å²) in [5.41, 5.74) is 2.70. The summed E-state index contributed by atoms with van der Waals surface area (Å²) in [7, 11) is 0. The van der Waals surface area contributed by atoms with Crippen LogP contribution in [0.2, 0.25) is 0 Å². The number of hydrogen-bond donors (Lipinski definition) is 0. The summed E-state index contributed by atoms with van der Waals surface area (Å²) in [5.74, 6) is 1.41. The highest BCUT2D eigenvalue weighted by Crippen LogP contribution is 2.33. The quantitative estimate of drug-likeness (QED) is 0.325. The Balaban J connectivity index is 1.09. The number of piperidine rings is 1. The van der Waals surface area contributed by atoms with E-state index in [1.165, 1.54) is 16.9 Å². The molecule has 0 aliphatic carbocycles. The lowest BCUT2D eigenvalue weighted by Crippen LogP contribution is -2.37. The third kappa shape index (κ3) is 4.40. The Hall–Kier alpha value is -3.49. The van der Waals surface area contributed by atoms with Crippen LogP contribution in [0.25, 0.3) is 21.3 Å². The maximum atomic E-state index is 6.01. The van der Waals surface area contributed by atoms with Gasteiger partial charge in [0, 0.05) is 55.1 Å². The van der Waals surface area contributed by atoms with Crippen molar-refractivity contribution in [3.63, 3.8) is 0 Å². The summed E-state index contributed by atoms with van der Waals surface area (Å²) in [5, 5.41) is 1.69. The minimum absolute atomic E-state index is 0.217. The molecule has 0 radical (unpaired) electrons. The molecule has 0 spiro atoms. The van der Waals surface area contributed by atoms with Gasteiger partial charge < -0.3 is 13.9 Å². The van der Waals surface area contributed by atoms with E-state index in [1.54, 1.807) is 12.4 Å². The van der Waals surface area contributed by atoms with Gasteiger partial charge in [0.05, 0.1) is 11.0 Å². The zero-order chi connectivity index (χ0) is 22.0. The smallest absolute Gasteiger partial charge is 0.281 e. The molecule has 8 heteroatoms. The van der Waals surface area contributed by atoms with Gasteiger partial charge in [0.2, 0.25) is 5.88 Å². The molecule has 1 fully saturated rings. The van der Waals surface area contributed by atoms with Gasteiger partial charge in [-0.15, -0.1) is 0 Å². The Bertz CT molecular complexity index is 1340. The second kappa shape index (κ2) is 8.80. The summed E-state index contributed by atoms with van der Waals surface area (Å²) < 4.78 is 18.8. The normalized spacial score (nSPS) is 15.3. The number of pyridine rings is 2. The maximum Gasteiger partial charge on any atom is 0.281 e. The van der Waals surface area contributed by atoms with Crippen LogP contribution in [0, 0.1) is 0 Å². The van der Waals surface area contributed by atoms with E-state index in [9.17, 15) is 0 Å². The maximum absolute atomic E-state index is 6.01. The summed E-state index contributed by atoms with van der Waals surface area (Å²) >= 11 is 1.48. The highest BCUT2D eigenvalue weighted by Gasteiger charge is 2.22. The van der Waals surface area contributed by atoms with E-state index in [0.717, 1.165) is 48.1 Å². The topological polar surface area (TPSA) is 73.5 Å². The van der Waals surface area contributed by atoms with E-state index in [1.807, 2.05) is 48.7 Å². The molecular weight excluding hydrogens is 436 g/mol. The molecule has 166 valence electrons. The van der Waals surface area contributed by atoms with Gasteiger partial charge >= 0.3 is 0 Å². The van der Waals surface area contributed by atoms with E-state index in [0.29, 0.717) is 22.5 Å². The molecule has 0 N–H and O–H groups in total. The van der Waals surface area contributed by atoms with Gasteiger partial charge in [-0.1, -0.05) is 17.4 Å². The van der Waals surface area contributed by atoms with E-state index in [2.05, 4.69) is 25.9 Å². The highest BCUT2D eigenvalue weighted by molar-refractivity contribution is 7.20. The number of fused-ring (bicyclic) bond motifs is 2. The molecule has 5 heterocycles. The van der Waals surface area contributed by atoms with Crippen molar-refractivity contribution in [2.24, 2.45) is 0 Å². The molecule has 0 unspecified atom stereocenters. The van der Waals surface area contributed by atoms with Gasteiger partial charge in [-0.2, -0.15) is 4.98 Å². The molecule has 33 heavy (non-hydrogen) atoms. The van der Waals surface area contributed by atoms with Crippen molar-refractivity contribution in [3.05, 3.63) is 72.8 Å². The molecule has 0 bridgehead atoms. The van der Waals surface area contributed by atoms with Crippen molar-refractivity contribution in [2.45, 2.75) is 25.5 Å². The monoisotopic (exact) mass is 458 g/mol. The number of thiazole rings is 1. The second-order valence-corrected chi connectivity index (χ2v) is 9.08. The molecule has 5 aromatic rings. The zero-order valence-corrected chi connectivity index (χ0v) is 18.7. The first-order chi connectivity index (χ1) is 16.3. The molecule has 1 aliphatic heterocycles. The average Bonchev–Trinajstić information content (AvgIpc) is 3.44. The summed E-state index contributed by atoms with van der Waals surface area (Å²) in [6.45, 7) is 2.82. The van der Waals surface area contributed by atoms with E-state index in [-0.39, 0.29) is 6.10 Å². The van der Waals surface area contributed by atoms with Crippen molar-refractivity contribution in [3.8, 4) is 16.8 Å². The van der Waals surface area contributed by atoms with Crippen LogP contribution in [0.15, 0.2) is 71.6 Å². The van der Waals surface area contributed by atoms with Gasteiger partial charge in [0.25, 0.3) is 5.19 Å². The minimum atomic E-state index is 0.217. The van der Waals surface area contributed by atoms with Crippen LogP contribution >= 0.6 is 11.3 Å². The van der Waals surface area contributed by atoms with Gasteiger partial charge in [-0.05, 0) is 43.2 Å². The van der Waals surface area contributed by atoms with Crippen LogP contribution in [0.4, 0.5) is 0 Å². The minimum Gasteiger partial charge on any atom is -0.474 e. The van der Waals surface area contributed by atoms with E-state index in [4.69, 9.17) is 13.9 Å². The van der Waals surface area contributed by atoms with Gasteiger partial charge in [0.1, 0.15) is 17.4 Å². The van der Waals surface area contributed by atoms with Crippen LogP contribution < -0.4 is 9.47 Å². The van der Waals surface area contributed by atoms with Crippen LogP contribution in [0.5, 0.6) is 16.8 Å². The van der Waals surface area contributed by atoms with Crippen molar-refractivity contribution in [1.29, 1.82) is 0 Å². The van der Waals surface area contributed by atoms with Crippen molar-refractivity contribution >= 4 is 32.7 Å². The molecule has 1 aromatic carbocycles. The Morgan fingerprint density at radius 3 is 2.79 bits per heavy atom. The lowest BCUT2D eigenvalue weighted by atomic mass is 10.1. The van der Waals surface area contributed by atoms with Gasteiger partial charge in [0.15, 0.2) is 5.65 Å². The highest BCUT2D eigenvalue weighted by atomic mass is 32.1. The number of furan rings is 1. The van der Waals surface area contributed by atoms with Gasteiger partial charge in [-0.3, -0.25) is 4.90 Å². The van der Waals surface area contributed by atoms with Crippen LogP contribution in [0.3, 0.4) is 0 Å². The van der Waals surface area contributed by atoms with Crippen molar-refractivity contribution < 1.29 is 13.9 Å². The predicted molar refractivity (Wildman–Crippen MR) is 127 cm³/mol. The van der Waals surface area contributed by atoms with Crippen LogP contribution in [0.1, 0.15) is 18.4 Å². The first-order valence-electron chi connectivity index (χ1n) is 11.0.